The number of benzene rings is 1. The Morgan fingerprint density at radius 3 is 2.39 bits per heavy atom. The number of carbonyl (C=O) groups is 1. The predicted molar refractivity (Wildman–Crippen MR) is 85.2 cm³/mol. The van der Waals surface area contributed by atoms with Crippen molar-refractivity contribution in [3.63, 3.8) is 0 Å². The minimum atomic E-state index is -3.27. The molecular formula is C17H14O5S. The van der Waals surface area contributed by atoms with Crippen molar-refractivity contribution < 1.29 is 22.7 Å². The van der Waals surface area contributed by atoms with Crippen molar-refractivity contribution in [2.45, 2.75) is 11.3 Å². The first-order valence-electron chi connectivity index (χ1n) is 6.88. The van der Waals surface area contributed by atoms with Crippen LogP contribution in [0, 0.1) is 0 Å². The van der Waals surface area contributed by atoms with Crippen LogP contribution in [0.2, 0.25) is 0 Å². The van der Waals surface area contributed by atoms with Crippen molar-refractivity contribution in [1.82, 2.24) is 0 Å². The lowest BCUT2D eigenvalue weighted by atomic mass is 10.0. The van der Waals surface area contributed by atoms with E-state index in [-0.39, 0.29) is 11.3 Å². The molecule has 1 heterocycles. The number of sulfone groups is 1. The van der Waals surface area contributed by atoms with Crippen LogP contribution in [0.25, 0.3) is 22.5 Å². The van der Waals surface area contributed by atoms with Crippen LogP contribution >= 0.6 is 0 Å². The van der Waals surface area contributed by atoms with E-state index in [0.29, 0.717) is 22.6 Å². The Morgan fingerprint density at radius 1 is 1.09 bits per heavy atom. The molecule has 2 aliphatic rings. The Hall–Kier alpha value is -2.60. The highest BCUT2D eigenvalue weighted by atomic mass is 32.2. The van der Waals surface area contributed by atoms with Crippen LogP contribution in [0.3, 0.4) is 0 Å². The lowest BCUT2D eigenvalue weighted by molar-refractivity contribution is -0.136. The summed E-state index contributed by atoms with van der Waals surface area (Å²) in [5.74, 6) is -0.0327. The van der Waals surface area contributed by atoms with E-state index in [2.05, 4.69) is 0 Å². The van der Waals surface area contributed by atoms with Gasteiger partial charge in [0.2, 0.25) is 0 Å². The van der Waals surface area contributed by atoms with E-state index in [0.717, 1.165) is 11.8 Å². The van der Waals surface area contributed by atoms with Gasteiger partial charge < -0.3 is 9.52 Å². The van der Waals surface area contributed by atoms with Crippen LogP contribution in [0.4, 0.5) is 0 Å². The minimum Gasteiger partial charge on any atom is -0.481 e. The van der Waals surface area contributed by atoms with Crippen LogP contribution < -0.4 is 0 Å². The first-order chi connectivity index (χ1) is 10.8. The fraction of sp³-hybridized carbons (Fsp3) is 0.118. The quantitative estimate of drug-likeness (QED) is 0.794. The molecule has 0 amide bonds. The van der Waals surface area contributed by atoms with Gasteiger partial charge in [-0.15, -0.1) is 0 Å². The summed E-state index contributed by atoms with van der Waals surface area (Å²) in [6.45, 7) is 0. The fourth-order valence-corrected chi connectivity index (χ4v) is 3.08. The van der Waals surface area contributed by atoms with E-state index >= 15 is 0 Å². The molecule has 1 N–H and O–H groups in total. The Kier molecular flexibility index (Phi) is 3.69. The van der Waals surface area contributed by atoms with Crippen molar-refractivity contribution in [1.29, 1.82) is 0 Å². The van der Waals surface area contributed by atoms with Gasteiger partial charge in [0.1, 0.15) is 17.9 Å². The van der Waals surface area contributed by atoms with Crippen LogP contribution in [0.15, 0.2) is 57.8 Å². The third kappa shape index (κ3) is 3.12. The molecule has 0 saturated heterocycles. The number of hydrogen-bond donors (Lipinski definition) is 1. The average molecular weight is 330 g/mol. The number of carboxylic acids is 1. The van der Waals surface area contributed by atoms with E-state index in [4.69, 9.17) is 9.52 Å². The van der Waals surface area contributed by atoms with Crippen LogP contribution in [-0.2, 0) is 21.1 Å². The highest BCUT2D eigenvalue weighted by molar-refractivity contribution is 7.90. The summed E-state index contributed by atoms with van der Waals surface area (Å²) in [5.41, 5.74) is 2.22. The van der Waals surface area contributed by atoms with E-state index < -0.39 is 15.8 Å². The van der Waals surface area contributed by atoms with Crippen LogP contribution in [0.5, 0.6) is 0 Å². The maximum Gasteiger partial charge on any atom is 0.311 e. The molecule has 0 saturated carbocycles. The Balaban J connectivity index is 2.14. The van der Waals surface area contributed by atoms with E-state index in [1.807, 2.05) is 18.2 Å². The number of aliphatic carboxylic acids is 1. The Labute approximate surface area is 133 Å². The van der Waals surface area contributed by atoms with Crippen molar-refractivity contribution >= 4 is 15.8 Å². The van der Waals surface area contributed by atoms with Crippen molar-refractivity contribution in [2.75, 3.05) is 6.26 Å². The molecule has 0 unspecified atom stereocenters. The van der Waals surface area contributed by atoms with Gasteiger partial charge in [-0.25, -0.2) is 8.42 Å². The molecule has 0 aromatic heterocycles. The average Bonchev–Trinajstić information content (AvgIpc) is 2.92. The van der Waals surface area contributed by atoms with Gasteiger partial charge in [-0.3, -0.25) is 4.79 Å². The summed E-state index contributed by atoms with van der Waals surface area (Å²) < 4.78 is 28.8. The molecule has 3 rings (SSSR count). The van der Waals surface area contributed by atoms with Gasteiger partial charge in [0.25, 0.3) is 0 Å². The van der Waals surface area contributed by atoms with Gasteiger partial charge in [-0.2, -0.15) is 0 Å². The third-order valence-corrected chi connectivity index (χ3v) is 4.68. The van der Waals surface area contributed by atoms with Gasteiger partial charge >= 0.3 is 5.97 Å². The van der Waals surface area contributed by atoms with Crippen molar-refractivity contribution in [2.24, 2.45) is 0 Å². The predicted octanol–water partition coefficient (Wildman–Crippen LogP) is 3.08. The first-order valence-corrected chi connectivity index (χ1v) is 8.77. The minimum absolute atomic E-state index is 0.215. The topological polar surface area (TPSA) is 84.6 Å². The highest BCUT2D eigenvalue weighted by Crippen LogP contribution is 2.33. The summed E-state index contributed by atoms with van der Waals surface area (Å²) in [6.07, 6.45) is 0.896. The number of rotatable bonds is 4. The molecule has 118 valence electrons. The molecule has 0 spiro atoms. The molecule has 0 fully saturated rings. The SMILES string of the molecule is CS(=O)(=O)c1ccc(-c2cc3cccc-3oc2CC(=O)O)cc1. The van der Waals surface area contributed by atoms with Gasteiger partial charge in [0.05, 0.1) is 4.90 Å². The fourth-order valence-electron chi connectivity index (χ4n) is 2.45. The standard InChI is InChI=1S/C17H14O5S/c1-23(20,21)13-7-5-11(6-8-13)14-9-12-3-2-4-15(12)22-16(14)10-17(18)19/h2-9H,10H2,1H3,(H,18,19). The van der Waals surface area contributed by atoms with Gasteiger partial charge in [-0.1, -0.05) is 24.3 Å². The van der Waals surface area contributed by atoms with Crippen LogP contribution in [0.1, 0.15) is 5.76 Å². The summed E-state index contributed by atoms with van der Waals surface area (Å²) in [4.78, 5) is 11.3. The van der Waals surface area contributed by atoms with Crippen LogP contribution in [-0.4, -0.2) is 25.7 Å². The monoisotopic (exact) mass is 330 g/mol. The van der Waals surface area contributed by atoms with Crippen molar-refractivity contribution in [3.05, 3.63) is 54.3 Å². The molecule has 0 bridgehead atoms. The summed E-state index contributed by atoms with van der Waals surface area (Å²) in [5, 5.41) is 9.07. The lowest BCUT2D eigenvalue weighted by Crippen LogP contribution is -2.03. The van der Waals surface area contributed by atoms with Gasteiger partial charge in [0, 0.05) is 17.4 Å². The molecule has 1 aromatic rings. The van der Waals surface area contributed by atoms with E-state index in [1.165, 1.54) is 12.1 Å². The normalized spacial score (nSPS) is 11.7. The summed E-state index contributed by atoms with van der Waals surface area (Å²) >= 11 is 0. The zero-order valence-electron chi connectivity index (χ0n) is 12.3. The molecule has 23 heavy (non-hydrogen) atoms. The largest absolute Gasteiger partial charge is 0.481 e. The number of fused-ring (bicyclic) bond motifs is 1. The highest BCUT2D eigenvalue weighted by Gasteiger charge is 2.17. The van der Waals surface area contributed by atoms with Crippen molar-refractivity contribution in [3.8, 4) is 22.5 Å². The maximum absolute atomic E-state index is 11.5. The molecule has 0 atom stereocenters. The lowest BCUT2D eigenvalue weighted by Gasteiger charge is -2.11. The van der Waals surface area contributed by atoms with E-state index in [9.17, 15) is 13.2 Å². The summed E-state index contributed by atoms with van der Waals surface area (Å²) in [7, 11) is -3.27. The Bertz CT molecular complexity index is 935. The van der Waals surface area contributed by atoms with Gasteiger partial charge in [0.15, 0.2) is 9.84 Å². The smallest absolute Gasteiger partial charge is 0.311 e. The second-order valence-electron chi connectivity index (χ2n) is 5.30. The first kappa shape index (κ1) is 15.3. The molecule has 1 aliphatic carbocycles. The summed E-state index contributed by atoms with van der Waals surface area (Å²) in [6, 6.07) is 13.6. The third-order valence-electron chi connectivity index (χ3n) is 3.55. The zero-order chi connectivity index (χ0) is 16.6. The molecular weight excluding hydrogens is 316 g/mol. The maximum atomic E-state index is 11.5. The molecule has 5 nitrogen and oxygen atoms in total. The second-order valence-corrected chi connectivity index (χ2v) is 7.31. The second kappa shape index (κ2) is 5.55. The molecule has 0 radical (unpaired) electrons. The molecule has 1 aliphatic heterocycles. The van der Waals surface area contributed by atoms with Gasteiger partial charge in [-0.05, 0) is 29.8 Å². The van der Waals surface area contributed by atoms with E-state index in [1.54, 1.807) is 18.2 Å². The number of hydrogen-bond acceptors (Lipinski definition) is 4. The number of carboxylic acid groups (broad SMARTS) is 1. The molecule has 1 aromatic carbocycles. The molecule has 6 heteroatoms. The Morgan fingerprint density at radius 2 is 1.78 bits per heavy atom. The zero-order valence-corrected chi connectivity index (χ0v) is 13.1.